The Bertz CT molecular complexity index is 1050. The van der Waals surface area contributed by atoms with Crippen molar-refractivity contribution in [1.29, 1.82) is 0 Å². The lowest BCUT2D eigenvalue weighted by molar-refractivity contribution is 0.0665. The van der Waals surface area contributed by atoms with Gasteiger partial charge in [-0.2, -0.15) is 0 Å². The van der Waals surface area contributed by atoms with Crippen molar-refractivity contribution >= 4 is 17.2 Å². The number of thiazole rings is 1. The maximum absolute atomic E-state index is 13.4. The van der Waals surface area contributed by atoms with E-state index in [-0.39, 0.29) is 18.6 Å². The van der Waals surface area contributed by atoms with Crippen molar-refractivity contribution in [2.45, 2.75) is 39.5 Å². The van der Waals surface area contributed by atoms with E-state index in [1.807, 2.05) is 47.5 Å². The Kier molecular flexibility index (Phi) is 8.54. The van der Waals surface area contributed by atoms with Crippen molar-refractivity contribution in [3.63, 3.8) is 0 Å². The minimum atomic E-state index is -0.0774. The van der Waals surface area contributed by atoms with Gasteiger partial charge in [0.2, 0.25) is 5.75 Å². The average Bonchev–Trinajstić information content (AvgIpc) is 3.32. The quantitative estimate of drug-likeness (QED) is 0.384. The van der Waals surface area contributed by atoms with E-state index in [2.05, 4.69) is 6.92 Å². The summed E-state index contributed by atoms with van der Waals surface area (Å²) in [6, 6.07) is 12.8. The van der Waals surface area contributed by atoms with E-state index < -0.39 is 0 Å². The molecule has 0 fully saturated rings. The lowest BCUT2D eigenvalue weighted by Crippen LogP contribution is -2.38. The van der Waals surface area contributed by atoms with Gasteiger partial charge in [0.25, 0.3) is 5.91 Å². The van der Waals surface area contributed by atoms with Crippen molar-refractivity contribution in [2.24, 2.45) is 0 Å². The molecule has 3 rings (SSSR count). The third-order valence-corrected chi connectivity index (χ3v) is 6.25. The molecule has 1 atom stereocenters. The van der Waals surface area contributed by atoms with Crippen molar-refractivity contribution in [2.75, 3.05) is 21.3 Å². The highest BCUT2D eigenvalue weighted by molar-refractivity contribution is 7.09. The molecule has 1 heterocycles. The van der Waals surface area contributed by atoms with E-state index in [4.69, 9.17) is 23.9 Å². The van der Waals surface area contributed by atoms with Gasteiger partial charge in [0.1, 0.15) is 17.4 Å². The predicted molar refractivity (Wildman–Crippen MR) is 129 cm³/mol. The molecule has 0 spiro atoms. The highest BCUT2D eigenvalue weighted by Crippen LogP contribution is 2.37. The number of amides is 1. The maximum atomic E-state index is 13.4. The molecule has 0 radical (unpaired) electrons. The first-order valence-corrected chi connectivity index (χ1v) is 11.6. The fraction of sp³-hybridized carbons (Fsp3) is 0.360. The monoisotopic (exact) mass is 470 g/mol. The summed E-state index contributed by atoms with van der Waals surface area (Å²) in [7, 11) is 4.75. The SMILES string of the molecule is CCC(C)N(Cc1csc(COc2c(OC)cccc2OC)n1)C(=O)c1ccccc1OC. The van der Waals surface area contributed by atoms with Crippen LogP contribution in [-0.2, 0) is 13.2 Å². The van der Waals surface area contributed by atoms with Crippen LogP contribution >= 0.6 is 11.3 Å². The van der Waals surface area contributed by atoms with Crippen LogP contribution in [0.4, 0.5) is 0 Å². The molecule has 8 heteroatoms. The number of benzene rings is 2. The Morgan fingerprint density at radius 3 is 2.27 bits per heavy atom. The number of nitrogens with zero attached hydrogens (tertiary/aromatic N) is 2. The summed E-state index contributed by atoms with van der Waals surface area (Å²) in [5.74, 6) is 2.21. The van der Waals surface area contributed by atoms with Crippen LogP contribution in [0.25, 0.3) is 0 Å². The Morgan fingerprint density at radius 2 is 1.64 bits per heavy atom. The number of rotatable bonds is 11. The summed E-state index contributed by atoms with van der Waals surface area (Å²) in [5.41, 5.74) is 1.36. The standard InChI is InChI=1S/C25H30N2O5S/c1-6-17(2)27(25(28)19-10-7-8-11-20(19)29-3)14-18-16-33-23(26-18)15-32-24-21(30-4)12-9-13-22(24)31-5/h7-13,16-17H,6,14-15H2,1-5H3. The van der Waals surface area contributed by atoms with Crippen LogP contribution in [0.15, 0.2) is 47.8 Å². The summed E-state index contributed by atoms with van der Waals surface area (Å²) in [6.45, 7) is 4.78. The number of carbonyl (C=O) groups excluding carboxylic acids is 1. The zero-order valence-electron chi connectivity index (χ0n) is 19.7. The number of aromatic nitrogens is 1. The summed E-state index contributed by atoms with van der Waals surface area (Å²) >= 11 is 1.49. The molecule has 0 aliphatic heterocycles. The molecule has 3 aromatic rings. The second kappa shape index (κ2) is 11.6. The van der Waals surface area contributed by atoms with Gasteiger partial charge >= 0.3 is 0 Å². The smallest absolute Gasteiger partial charge is 0.258 e. The van der Waals surface area contributed by atoms with Crippen LogP contribution in [0.3, 0.4) is 0 Å². The summed E-state index contributed by atoms with van der Waals surface area (Å²) < 4.78 is 22.1. The van der Waals surface area contributed by atoms with Crippen LogP contribution in [-0.4, -0.2) is 43.2 Å². The number of hydrogen-bond donors (Lipinski definition) is 0. The number of ether oxygens (including phenoxy) is 4. The Morgan fingerprint density at radius 1 is 1.00 bits per heavy atom. The summed E-state index contributed by atoms with van der Waals surface area (Å²) in [5, 5.41) is 2.76. The molecule has 2 aromatic carbocycles. The first-order valence-electron chi connectivity index (χ1n) is 10.7. The van der Waals surface area contributed by atoms with Gasteiger partial charge in [0.05, 0.1) is 39.1 Å². The molecular weight excluding hydrogens is 440 g/mol. The van der Waals surface area contributed by atoms with E-state index in [1.54, 1.807) is 33.5 Å². The zero-order valence-corrected chi connectivity index (χ0v) is 20.5. The number of carbonyl (C=O) groups is 1. The van der Waals surface area contributed by atoms with Crippen LogP contribution in [0.5, 0.6) is 23.0 Å². The van der Waals surface area contributed by atoms with Crippen molar-refractivity contribution in [1.82, 2.24) is 9.88 Å². The highest BCUT2D eigenvalue weighted by Gasteiger charge is 2.24. The van der Waals surface area contributed by atoms with Gasteiger partial charge in [-0.1, -0.05) is 25.1 Å². The van der Waals surface area contributed by atoms with E-state index in [1.165, 1.54) is 11.3 Å². The van der Waals surface area contributed by atoms with Gasteiger partial charge in [-0.3, -0.25) is 4.79 Å². The van der Waals surface area contributed by atoms with E-state index in [9.17, 15) is 4.79 Å². The van der Waals surface area contributed by atoms with E-state index >= 15 is 0 Å². The van der Waals surface area contributed by atoms with Crippen LogP contribution in [0.2, 0.25) is 0 Å². The van der Waals surface area contributed by atoms with Crippen LogP contribution in [0.1, 0.15) is 41.3 Å². The third kappa shape index (κ3) is 5.76. The first-order chi connectivity index (χ1) is 16.0. The van der Waals surface area contributed by atoms with Crippen molar-refractivity contribution < 1.29 is 23.7 Å². The highest BCUT2D eigenvalue weighted by atomic mass is 32.1. The Labute approximate surface area is 198 Å². The predicted octanol–water partition coefficient (Wildman–Crippen LogP) is 5.19. The molecule has 0 N–H and O–H groups in total. The molecule has 1 unspecified atom stereocenters. The lowest BCUT2D eigenvalue weighted by atomic mass is 10.1. The van der Waals surface area contributed by atoms with Gasteiger partial charge in [-0.15, -0.1) is 11.3 Å². The molecular formula is C25H30N2O5S. The molecule has 176 valence electrons. The average molecular weight is 471 g/mol. The van der Waals surface area contributed by atoms with Gasteiger partial charge < -0.3 is 23.8 Å². The first kappa shape index (κ1) is 24.4. The van der Waals surface area contributed by atoms with Gasteiger partial charge in [-0.05, 0) is 37.6 Å². The molecule has 0 saturated heterocycles. The van der Waals surface area contributed by atoms with Gasteiger partial charge in [-0.25, -0.2) is 4.98 Å². The normalized spacial score (nSPS) is 11.5. The molecule has 0 aliphatic carbocycles. The minimum Gasteiger partial charge on any atom is -0.496 e. The maximum Gasteiger partial charge on any atom is 0.258 e. The molecule has 0 saturated carbocycles. The molecule has 0 aliphatic rings. The Balaban J connectivity index is 1.75. The van der Waals surface area contributed by atoms with E-state index in [0.29, 0.717) is 35.1 Å². The summed E-state index contributed by atoms with van der Waals surface area (Å²) in [4.78, 5) is 19.9. The fourth-order valence-electron chi connectivity index (χ4n) is 3.38. The molecule has 7 nitrogen and oxygen atoms in total. The zero-order chi connectivity index (χ0) is 23.8. The minimum absolute atomic E-state index is 0.0432. The van der Waals surface area contributed by atoms with Crippen LogP contribution < -0.4 is 18.9 Å². The van der Waals surface area contributed by atoms with E-state index in [0.717, 1.165) is 17.1 Å². The molecule has 33 heavy (non-hydrogen) atoms. The van der Waals surface area contributed by atoms with Crippen molar-refractivity contribution in [3.05, 3.63) is 64.1 Å². The number of methoxy groups -OCH3 is 3. The summed E-state index contributed by atoms with van der Waals surface area (Å²) in [6.07, 6.45) is 0.828. The van der Waals surface area contributed by atoms with Crippen molar-refractivity contribution in [3.8, 4) is 23.0 Å². The van der Waals surface area contributed by atoms with Crippen LogP contribution in [0, 0.1) is 0 Å². The molecule has 1 amide bonds. The topological polar surface area (TPSA) is 70.1 Å². The fourth-order valence-corrected chi connectivity index (χ4v) is 4.08. The van der Waals surface area contributed by atoms with Gasteiger partial charge in [0.15, 0.2) is 11.5 Å². The number of para-hydroxylation sites is 2. The Hall–Kier alpha value is -3.26. The lowest BCUT2D eigenvalue weighted by Gasteiger charge is -2.28. The number of hydrogen-bond acceptors (Lipinski definition) is 7. The second-order valence-electron chi connectivity index (χ2n) is 7.40. The molecule has 0 bridgehead atoms. The largest absolute Gasteiger partial charge is 0.496 e. The second-order valence-corrected chi connectivity index (χ2v) is 8.35. The van der Waals surface area contributed by atoms with Gasteiger partial charge in [0, 0.05) is 11.4 Å². The third-order valence-electron chi connectivity index (χ3n) is 5.38. The molecule has 1 aromatic heterocycles.